The molecule has 2 saturated heterocycles. The van der Waals surface area contributed by atoms with Gasteiger partial charge in [0.15, 0.2) is 0 Å². The summed E-state index contributed by atoms with van der Waals surface area (Å²) in [7, 11) is 0. The zero-order valence-electron chi connectivity index (χ0n) is 16.6. The molecule has 2 heterocycles. The van der Waals surface area contributed by atoms with E-state index in [1.807, 2.05) is 26.8 Å². The van der Waals surface area contributed by atoms with E-state index >= 15 is 0 Å². The molecule has 26 heavy (non-hydrogen) atoms. The Kier molecular flexibility index (Phi) is 5.68. The maximum absolute atomic E-state index is 12.5. The molecule has 0 bridgehead atoms. The van der Waals surface area contributed by atoms with Crippen molar-refractivity contribution in [1.82, 2.24) is 9.80 Å². The summed E-state index contributed by atoms with van der Waals surface area (Å²) in [6, 6.07) is -0.178. The molecule has 7 nitrogen and oxygen atoms in total. The molecule has 0 aromatic rings. The first-order valence-corrected chi connectivity index (χ1v) is 9.12. The van der Waals surface area contributed by atoms with Crippen LogP contribution in [0.1, 0.15) is 60.8 Å². The van der Waals surface area contributed by atoms with Gasteiger partial charge in [-0.3, -0.25) is 4.79 Å². The molecule has 146 valence electrons. The van der Waals surface area contributed by atoms with Crippen LogP contribution < -0.4 is 0 Å². The first kappa shape index (κ1) is 20.3. The summed E-state index contributed by atoms with van der Waals surface area (Å²) in [5, 5.41) is 0. The summed E-state index contributed by atoms with van der Waals surface area (Å²) in [5.41, 5.74) is -0.659. The topological polar surface area (TPSA) is 76.2 Å². The van der Waals surface area contributed by atoms with Crippen molar-refractivity contribution >= 4 is 18.1 Å². The fourth-order valence-electron chi connectivity index (χ4n) is 3.01. The summed E-state index contributed by atoms with van der Waals surface area (Å²) >= 11 is 0. The van der Waals surface area contributed by atoms with Crippen LogP contribution in [0.4, 0.5) is 9.59 Å². The second-order valence-corrected chi connectivity index (χ2v) is 8.76. The Labute approximate surface area is 155 Å². The van der Waals surface area contributed by atoms with Crippen LogP contribution in [0.25, 0.3) is 0 Å². The molecule has 0 N–H and O–H groups in total. The molecule has 0 spiro atoms. The third-order valence-corrected chi connectivity index (χ3v) is 4.06. The minimum Gasteiger partial charge on any atom is -0.444 e. The average molecular weight is 366 g/mol. The molecule has 2 rings (SSSR count). The predicted molar refractivity (Wildman–Crippen MR) is 96.6 cm³/mol. The van der Waals surface area contributed by atoms with Gasteiger partial charge in [0.05, 0.1) is 6.04 Å². The Hall–Kier alpha value is -2.05. The number of likely N-dealkylation sites (tertiary alicyclic amines) is 2. The smallest absolute Gasteiger partial charge is 0.417 e. The van der Waals surface area contributed by atoms with E-state index in [1.165, 1.54) is 0 Å². The van der Waals surface area contributed by atoms with Crippen molar-refractivity contribution < 1.29 is 23.9 Å². The molecule has 0 aromatic carbocycles. The molecule has 7 heteroatoms. The van der Waals surface area contributed by atoms with E-state index in [1.54, 1.807) is 25.7 Å². The van der Waals surface area contributed by atoms with E-state index in [0.717, 1.165) is 17.7 Å². The lowest BCUT2D eigenvalue weighted by Crippen LogP contribution is -2.39. The molecule has 2 aliphatic rings. The summed E-state index contributed by atoms with van der Waals surface area (Å²) in [4.78, 5) is 39.8. The highest BCUT2D eigenvalue weighted by Crippen LogP contribution is 2.26. The Balaban J connectivity index is 2.06. The molecular weight excluding hydrogens is 336 g/mol. The van der Waals surface area contributed by atoms with Crippen LogP contribution in [0.3, 0.4) is 0 Å². The third-order valence-electron chi connectivity index (χ3n) is 4.06. The van der Waals surface area contributed by atoms with Crippen molar-refractivity contribution in [3.8, 4) is 0 Å². The number of ether oxygens (including phenoxy) is 2. The lowest BCUT2D eigenvalue weighted by Gasteiger charge is -2.27. The molecule has 0 aromatic heterocycles. The summed E-state index contributed by atoms with van der Waals surface area (Å²) < 4.78 is 10.7. The van der Waals surface area contributed by atoms with Crippen molar-refractivity contribution in [2.24, 2.45) is 0 Å². The van der Waals surface area contributed by atoms with Gasteiger partial charge in [0.2, 0.25) is 0 Å². The number of amides is 3. The Bertz CT molecular complexity index is 612. The Morgan fingerprint density at radius 1 is 1.00 bits per heavy atom. The highest BCUT2D eigenvalue weighted by Gasteiger charge is 2.37. The van der Waals surface area contributed by atoms with E-state index in [0.29, 0.717) is 25.1 Å². The van der Waals surface area contributed by atoms with Crippen LogP contribution in [0.2, 0.25) is 0 Å². The van der Waals surface area contributed by atoms with Gasteiger partial charge in [-0.05, 0) is 60.8 Å². The highest BCUT2D eigenvalue weighted by atomic mass is 16.6. The molecule has 1 atom stereocenters. The van der Waals surface area contributed by atoms with Gasteiger partial charge in [-0.15, -0.1) is 0 Å². The lowest BCUT2D eigenvalue weighted by atomic mass is 10.1. The van der Waals surface area contributed by atoms with Crippen molar-refractivity contribution in [2.45, 2.75) is 78.0 Å². The van der Waals surface area contributed by atoms with Gasteiger partial charge in [-0.25, -0.2) is 14.5 Å². The van der Waals surface area contributed by atoms with E-state index in [9.17, 15) is 14.4 Å². The number of hydrogen-bond donors (Lipinski definition) is 0. The largest absolute Gasteiger partial charge is 0.444 e. The molecule has 2 aliphatic heterocycles. The zero-order valence-corrected chi connectivity index (χ0v) is 16.6. The van der Waals surface area contributed by atoms with E-state index < -0.39 is 17.3 Å². The minimum atomic E-state index is -0.650. The molecule has 3 amide bonds. The zero-order chi connectivity index (χ0) is 19.7. The molecule has 0 aliphatic carbocycles. The number of carbonyl (C=O) groups is 3. The minimum absolute atomic E-state index is 0.178. The second kappa shape index (κ2) is 7.29. The molecular formula is C19H30N2O5. The number of rotatable bonds is 1. The Morgan fingerprint density at radius 3 is 2.15 bits per heavy atom. The fraction of sp³-hybridized carbons (Fsp3) is 0.737. The predicted octanol–water partition coefficient (Wildman–Crippen LogP) is 3.48. The van der Waals surface area contributed by atoms with Crippen LogP contribution in [0.15, 0.2) is 11.6 Å². The fourth-order valence-corrected chi connectivity index (χ4v) is 3.01. The van der Waals surface area contributed by atoms with E-state index in [-0.39, 0.29) is 18.0 Å². The van der Waals surface area contributed by atoms with Gasteiger partial charge in [-0.1, -0.05) is 6.08 Å². The van der Waals surface area contributed by atoms with E-state index in [4.69, 9.17) is 9.47 Å². The van der Waals surface area contributed by atoms with Crippen molar-refractivity contribution in [3.05, 3.63) is 11.6 Å². The number of hydrogen-bond acceptors (Lipinski definition) is 5. The van der Waals surface area contributed by atoms with Crippen LogP contribution in [0, 0.1) is 0 Å². The summed E-state index contributed by atoms with van der Waals surface area (Å²) in [6.45, 7) is 11.7. The van der Waals surface area contributed by atoms with Crippen LogP contribution in [0.5, 0.6) is 0 Å². The standard InChI is InChI=1S/C19H30N2O5/c1-18(2,3)25-16(23)20-10-7-8-14(20)12-13-9-11-21(15(13)22)17(24)26-19(4,5)6/h12,14H,7-11H2,1-6H3/b13-12+. The van der Waals surface area contributed by atoms with Crippen molar-refractivity contribution in [3.63, 3.8) is 0 Å². The average Bonchev–Trinajstić information content (AvgIpc) is 3.03. The van der Waals surface area contributed by atoms with Gasteiger partial charge < -0.3 is 14.4 Å². The van der Waals surface area contributed by atoms with E-state index in [2.05, 4.69) is 0 Å². The van der Waals surface area contributed by atoms with Crippen LogP contribution in [-0.4, -0.2) is 58.2 Å². The van der Waals surface area contributed by atoms with Crippen LogP contribution in [-0.2, 0) is 14.3 Å². The second-order valence-electron chi connectivity index (χ2n) is 8.76. The van der Waals surface area contributed by atoms with Gasteiger partial charge in [-0.2, -0.15) is 0 Å². The normalized spacial score (nSPS) is 22.9. The molecule has 2 fully saturated rings. The molecule has 0 radical (unpaired) electrons. The lowest BCUT2D eigenvalue weighted by molar-refractivity contribution is -0.124. The Morgan fingerprint density at radius 2 is 1.58 bits per heavy atom. The SMILES string of the molecule is CC(C)(C)OC(=O)N1CC/C(=C\C2CCCN2C(=O)OC(C)(C)C)C1=O. The van der Waals surface area contributed by atoms with Gasteiger partial charge >= 0.3 is 12.2 Å². The highest BCUT2D eigenvalue weighted by molar-refractivity contribution is 6.04. The quantitative estimate of drug-likeness (QED) is 0.664. The number of nitrogens with zero attached hydrogens (tertiary/aromatic N) is 2. The maximum atomic E-state index is 12.5. The van der Waals surface area contributed by atoms with Crippen molar-refractivity contribution in [1.29, 1.82) is 0 Å². The van der Waals surface area contributed by atoms with Gasteiger partial charge in [0.25, 0.3) is 5.91 Å². The van der Waals surface area contributed by atoms with Crippen molar-refractivity contribution in [2.75, 3.05) is 13.1 Å². The monoisotopic (exact) mass is 366 g/mol. The number of imide groups is 1. The first-order chi connectivity index (χ1) is 11.9. The van der Waals surface area contributed by atoms with Gasteiger partial charge in [0, 0.05) is 18.7 Å². The maximum Gasteiger partial charge on any atom is 0.417 e. The van der Waals surface area contributed by atoms with Crippen LogP contribution >= 0.6 is 0 Å². The summed E-state index contributed by atoms with van der Waals surface area (Å²) in [5.74, 6) is -0.338. The first-order valence-electron chi connectivity index (χ1n) is 9.12. The third kappa shape index (κ3) is 5.22. The van der Waals surface area contributed by atoms with Gasteiger partial charge in [0.1, 0.15) is 11.2 Å². The molecule has 0 saturated carbocycles. The summed E-state index contributed by atoms with van der Waals surface area (Å²) in [6.07, 6.45) is 2.92. The molecule has 1 unspecified atom stereocenters. The number of carbonyl (C=O) groups excluding carboxylic acids is 3.